The van der Waals surface area contributed by atoms with Crippen molar-refractivity contribution in [2.24, 2.45) is 0 Å². The second-order valence-corrected chi connectivity index (χ2v) is 6.92. The van der Waals surface area contributed by atoms with Crippen molar-refractivity contribution < 1.29 is 9.53 Å². The second kappa shape index (κ2) is 9.03. The number of aryl methyl sites for hydroxylation is 1. The molecule has 0 saturated carbocycles. The number of halogens is 2. The summed E-state index contributed by atoms with van der Waals surface area (Å²) in [7, 11) is 0. The van der Waals surface area contributed by atoms with Crippen molar-refractivity contribution in [2.75, 3.05) is 6.61 Å². The highest BCUT2D eigenvalue weighted by Gasteiger charge is 2.13. The molecule has 0 unspecified atom stereocenters. The maximum absolute atomic E-state index is 11.9. The van der Waals surface area contributed by atoms with E-state index < -0.39 is 5.97 Å². The lowest BCUT2D eigenvalue weighted by molar-refractivity contribution is -0.138. The Hall–Kier alpha value is -2.64. The van der Waals surface area contributed by atoms with Gasteiger partial charge in [0.05, 0.1) is 18.8 Å². The van der Waals surface area contributed by atoms with Crippen LogP contribution in [0.2, 0.25) is 10.0 Å². The van der Waals surface area contributed by atoms with Crippen molar-refractivity contribution in [3.8, 4) is 0 Å². The Labute approximate surface area is 172 Å². The summed E-state index contributed by atoms with van der Waals surface area (Å²) >= 11 is 12.5. The third-order valence-electron chi connectivity index (χ3n) is 4.22. The maximum Gasteiger partial charge on any atom is 0.330 e. The van der Waals surface area contributed by atoms with Gasteiger partial charge >= 0.3 is 5.97 Å². The summed E-state index contributed by atoms with van der Waals surface area (Å²) < 4.78 is 8.58. The zero-order valence-corrected chi connectivity index (χ0v) is 17.0. The average Bonchev–Trinajstić information content (AvgIpc) is 3.25. The summed E-state index contributed by atoms with van der Waals surface area (Å²) in [4.78, 5) is 15.8. The molecule has 0 aliphatic carbocycles. The van der Waals surface area contributed by atoms with Crippen LogP contribution in [0.4, 0.5) is 0 Å². The third-order valence-corrected chi connectivity index (χ3v) is 4.93. The first-order valence-electron chi connectivity index (χ1n) is 8.60. The number of benzene rings is 1. The van der Waals surface area contributed by atoms with E-state index in [0.717, 1.165) is 22.5 Å². The van der Waals surface area contributed by atoms with Gasteiger partial charge in [-0.1, -0.05) is 29.3 Å². The zero-order valence-electron chi connectivity index (χ0n) is 15.5. The van der Waals surface area contributed by atoms with Crippen LogP contribution >= 0.6 is 23.2 Å². The molecule has 0 bridgehead atoms. The molecule has 146 valence electrons. The van der Waals surface area contributed by atoms with Crippen LogP contribution in [0.15, 0.2) is 36.9 Å². The van der Waals surface area contributed by atoms with Crippen molar-refractivity contribution >= 4 is 35.2 Å². The van der Waals surface area contributed by atoms with Gasteiger partial charge in [0.25, 0.3) is 0 Å². The topological polar surface area (TPSA) is 74.8 Å². The molecule has 1 aromatic carbocycles. The molecule has 0 saturated heterocycles. The highest BCUT2D eigenvalue weighted by molar-refractivity contribution is 6.35. The molecule has 2 aromatic heterocycles. The standard InChI is InChI=1S/C19H19Cl2N5O2/c1-13-15(6-7-19(27)28-9-8-25-12-22-11-23-25)14(2)26(24-13)10-16-17(20)4-3-5-18(16)21/h3-7,11-12H,8-10H2,1-2H3. The first kappa shape index (κ1) is 20.1. The molecule has 0 radical (unpaired) electrons. The zero-order chi connectivity index (χ0) is 20.1. The minimum absolute atomic E-state index is 0.217. The Morgan fingerprint density at radius 3 is 2.68 bits per heavy atom. The summed E-state index contributed by atoms with van der Waals surface area (Å²) in [6.07, 6.45) is 6.10. The van der Waals surface area contributed by atoms with E-state index in [9.17, 15) is 4.79 Å². The van der Waals surface area contributed by atoms with E-state index in [1.54, 1.807) is 35.3 Å². The van der Waals surface area contributed by atoms with Crippen LogP contribution in [0.25, 0.3) is 6.08 Å². The minimum Gasteiger partial charge on any atom is -0.461 e. The van der Waals surface area contributed by atoms with Crippen molar-refractivity contribution in [3.63, 3.8) is 0 Å². The number of nitrogens with zero attached hydrogens (tertiary/aromatic N) is 5. The van der Waals surface area contributed by atoms with Gasteiger partial charge in [0.2, 0.25) is 0 Å². The fourth-order valence-electron chi connectivity index (χ4n) is 2.73. The van der Waals surface area contributed by atoms with E-state index in [-0.39, 0.29) is 6.61 Å². The molecular formula is C19H19Cl2N5O2. The largest absolute Gasteiger partial charge is 0.461 e. The molecule has 2 heterocycles. The van der Waals surface area contributed by atoms with Crippen LogP contribution < -0.4 is 0 Å². The molecule has 28 heavy (non-hydrogen) atoms. The van der Waals surface area contributed by atoms with Crippen LogP contribution in [0.3, 0.4) is 0 Å². The Bertz CT molecular complexity index is 976. The van der Waals surface area contributed by atoms with Gasteiger partial charge in [-0.2, -0.15) is 10.2 Å². The lowest BCUT2D eigenvalue weighted by Gasteiger charge is -2.09. The lowest BCUT2D eigenvalue weighted by atomic mass is 10.1. The van der Waals surface area contributed by atoms with Gasteiger partial charge in [0.15, 0.2) is 0 Å². The Morgan fingerprint density at radius 1 is 1.25 bits per heavy atom. The Morgan fingerprint density at radius 2 is 2.00 bits per heavy atom. The molecular weight excluding hydrogens is 401 g/mol. The number of rotatable bonds is 7. The average molecular weight is 420 g/mol. The van der Waals surface area contributed by atoms with Crippen molar-refractivity contribution in [1.82, 2.24) is 24.5 Å². The third kappa shape index (κ3) is 4.79. The van der Waals surface area contributed by atoms with Gasteiger partial charge in [0, 0.05) is 32.9 Å². The van der Waals surface area contributed by atoms with E-state index in [1.165, 1.54) is 12.4 Å². The molecule has 0 atom stereocenters. The highest BCUT2D eigenvalue weighted by atomic mass is 35.5. The molecule has 0 fully saturated rings. The normalized spacial score (nSPS) is 11.3. The van der Waals surface area contributed by atoms with Gasteiger partial charge in [0.1, 0.15) is 19.3 Å². The molecule has 7 nitrogen and oxygen atoms in total. The first-order valence-corrected chi connectivity index (χ1v) is 9.35. The van der Waals surface area contributed by atoms with E-state index in [1.807, 2.05) is 18.5 Å². The molecule has 0 amide bonds. The molecule has 0 N–H and O–H groups in total. The monoisotopic (exact) mass is 419 g/mol. The number of esters is 1. The van der Waals surface area contributed by atoms with Crippen LogP contribution in [0.1, 0.15) is 22.5 Å². The molecule has 0 aliphatic heterocycles. The molecule has 0 aliphatic rings. The van der Waals surface area contributed by atoms with Gasteiger partial charge in [-0.3, -0.25) is 4.68 Å². The quantitative estimate of drug-likeness (QED) is 0.431. The fourth-order valence-corrected chi connectivity index (χ4v) is 3.24. The minimum atomic E-state index is -0.430. The number of carbonyl (C=O) groups is 1. The number of aromatic nitrogens is 5. The molecule has 3 rings (SSSR count). The van der Waals surface area contributed by atoms with E-state index in [2.05, 4.69) is 15.2 Å². The summed E-state index contributed by atoms with van der Waals surface area (Å²) in [6.45, 7) is 4.93. The second-order valence-electron chi connectivity index (χ2n) is 6.10. The van der Waals surface area contributed by atoms with E-state index >= 15 is 0 Å². The summed E-state index contributed by atoms with van der Waals surface area (Å²) in [5, 5.41) is 9.67. The molecule has 3 aromatic rings. The number of hydrogen-bond acceptors (Lipinski definition) is 5. The molecule has 0 spiro atoms. The summed E-state index contributed by atoms with van der Waals surface area (Å²) in [5.41, 5.74) is 3.36. The van der Waals surface area contributed by atoms with Gasteiger partial charge in [-0.05, 0) is 32.1 Å². The van der Waals surface area contributed by atoms with Crippen LogP contribution in [-0.4, -0.2) is 37.1 Å². The summed E-state index contributed by atoms with van der Waals surface area (Å²) in [5.74, 6) is -0.430. The predicted molar refractivity (Wildman–Crippen MR) is 107 cm³/mol. The lowest BCUT2D eigenvalue weighted by Crippen LogP contribution is -2.09. The number of ether oxygens (including phenoxy) is 1. The smallest absolute Gasteiger partial charge is 0.330 e. The number of hydrogen-bond donors (Lipinski definition) is 0. The Kier molecular flexibility index (Phi) is 6.49. The van der Waals surface area contributed by atoms with Gasteiger partial charge < -0.3 is 4.74 Å². The van der Waals surface area contributed by atoms with Gasteiger partial charge in [-0.25, -0.2) is 14.5 Å². The van der Waals surface area contributed by atoms with E-state index in [4.69, 9.17) is 27.9 Å². The van der Waals surface area contributed by atoms with Crippen LogP contribution in [0, 0.1) is 13.8 Å². The van der Waals surface area contributed by atoms with Crippen LogP contribution in [-0.2, 0) is 22.6 Å². The van der Waals surface area contributed by atoms with Crippen molar-refractivity contribution in [2.45, 2.75) is 26.9 Å². The van der Waals surface area contributed by atoms with Crippen molar-refractivity contribution in [1.29, 1.82) is 0 Å². The molecule has 9 heteroatoms. The highest BCUT2D eigenvalue weighted by Crippen LogP contribution is 2.26. The SMILES string of the molecule is Cc1nn(Cc2c(Cl)cccc2Cl)c(C)c1C=CC(=O)OCCn1cncn1. The Balaban J connectivity index is 1.66. The first-order chi connectivity index (χ1) is 13.5. The summed E-state index contributed by atoms with van der Waals surface area (Å²) in [6, 6.07) is 5.40. The number of carbonyl (C=O) groups excluding carboxylic acids is 1. The predicted octanol–water partition coefficient (Wildman–Crippen LogP) is 3.70. The van der Waals surface area contributed by atoms with E-state index in [0.29, 0.717) is 23.1 Å². The maximum atomic E-state index is 11.9. The van der Waals surface area contributed by atoms with Crippen LogP contribution in [0.5, 0.6) is 0 Å². The fraction of sp³-hybridized carbons (Fsp3) is 0.263. The van der Waals surface area contributed by atoms with Crippen molar-refractivity contribution in [3.05, 3.63) is 69.5 Å². The van der Waals surface area contributed by atoms with Gasteiger partial charge in [-0.15, -0.1) is 0 Å².